The maximum atomic E-state index is 12.8. The Morgan fingerprint density at radius 1 is 0.579 bits per heavy atom. The molecule has 0 atom stereocenters. The average Bonchev–Trinajstić information content (AvgIpc) is 4.06. The molecule has 0 heterocycles. The smallest absolute Gasteiger partial charge is 0.306 e. The SMILES string of the molecule is CCCCCCCCCCCCCCCCN(CCCCCCCC(=O)OC(CCCCCCCC)CCCCCCCC)CCCNS(=O)(=O)C1CC1.O=CO. The number of hydrogen-bond donors (Lipinski definition) is 2. The van der Waals surface area contributed by atoms with Gasteiger partial charge in [0.2, 0.25) is 10.0 Å². The highest BCUT2D eigenvalue weighted by Crippen LogP contribution is 2.27. The molecule has 0 aromatic carbocycles. The average molecular weight is 829 g/mol. The van der Waals surface area contributed by atoms with Crippen LogP contribution in [0, 0.1) is 0 Å². The minimum atomic E-state index is -3.09. The van der Waals surface area contributed by atoms with Crippen LogP contribution >= 0.6 is 0 Å². The monoisotopic (exact) mass is 829 g/mol. The number of unbranched alkanes of at least 4 members (excludes halogenated alkanes) is 27. The van der Waals surface area contributed by atoms with E-state index in [2.05, 4.69) is 30.4 Å². The molecule has 8 nitrogen and oxygen atoms in total. The minimum absolute atomic E-state index is 0.0219. The summed E-state index contributed by atoms with van der Waals surface area (Å²) < 4.78 is 33.4. The van der Waals surface area contributed by atoms with Gasteiger partial charge in [-0.3, -0.25) is 9.59 Å². The van der Waals surface area contributed by atoms with E-state index < -0.39 is 10.0 Å². The van der Waals surface area contributed by atoms with Crippen LogP contribution in [-0.4, -0.2) is 68.4 Å². The third kappa shape index (κ3) is 40.0. The van der Waals surface area contributed by atoms with Crippen LogP contribution in [0.2, 0.25) is 0 Å². The van der Waals surface area contributed by atoms with Gasteiger partial charge < -0.3 is 14.7 Å². The molecule has 0 bridgehead atoms. The molecular weight excluding hydrogens is 733 g/mol. The molecule has 1 rings (SSSR count). The van der Waals surface area contributed by atoms with Crippen LogP contribution in [0.1, 0.15) is 258 Å². The van der Waals surface area contributed by atoms with Crippen molar-refractivity contribution in [1.29, 1.82) is 0 Å². The Hall–Kier alpha value is -1.19. The van der Waals surface area contributed by atoms with Gasteiger partial charge in [0.05, 0.1) is 5.25 Å². The molecule has 340 valence electrons. The first-order valence-corrected chi connectivity index (χ1v) is 26.4. The van der Waals surface area contributed by atoms with Crippen molar-refractivity contribution in [2.75, 3.05) is 26.2 Å². The van der Waals surface area contributed by atoms with Gasteiger partial charge in [-0.2, -0.15) is 0 Å². The van der Waals surface area contributed by atoms with Gasteiger partial charge in [-0.15, -0.1) is 0 Å². The first kappa shape index (κ1) is 55.8. The van der Waals surface area contributed by atoms with Crippen molar-refractivity contribution in [3.63, 3.8) is 0 Å². The predicted octanol–water partition coefficient (Wildman–Crippen LogP) is 13.7. The van der Waals surface area contributed by atoms with Crippen molar-refractivity contribution in [2.24, 2.45) is 0 Å². The molecule has 0 aromatic rings. The van der Waals surface area contributed by atoms with Gasteiger partial charge in [0.1, 0.15) is 6.10 Å². The van der Waals surface area contributed by atoms with E-state index in [0.717, 1.165) is 64.6 Å². The van der Waals surface area contributed by atoms with Crippen molar-refractivity contribution in [2.45, 2.75) is 270 Å². The first-order valence-electron chi connectivity index (χ1n) is 24.8. The van der Waals surface area contributed by atoms with Crippen LogP contribution in [0.3, 0.4) is 0 Å². The van der Waals surface area contributed by atoms with Crippen LogP contribution in [-0.2, 0) is 24.3 Å². The number of carboxylic acid groups (broad SMARTS) is 1. The Balaban J connectivity index is 0.0000101. The molecule has 2 N–H and O–H groups in total. The lowest BCUT2D eigenvalue weighted by atomic mass is 10.0. The second kappa shape index (κ2) is 42.9. The van der Waals surface area contributed by atoms with E-state index in [1.165, 1.54) is 186 Å². The topological polar surface area (TPSA) is 113 Å². The summed E-state index contributed by atoms with van der Waals surface area (Å²) in [5.41, 5.74) is 0. The zero-order chi connectivity index (χ0) is 41.9. The highest BCUT2D eigenvalue weighted by atomic mass is 32.2. The number of nitrogens with zero attached hydrogens (tertiary/aromatic N) is 1. The van der Waals surface area contributed by atoms with Gasteiger partial charge in [0.15, 0.2) is 0 Å². The molecule has 0 radical (unpaired) electrons. The van der Waals surface area contributed by atoms with E-state index in [-0.39, 0.29) is 23.8 Å². The van der Waals surface area contributed by atoms with E-state index in [4.69, 9.17) is 14.6 Å². The minimum Gasteiger partial charge on any atom is -0.483 e. The summed E-state index contributed by atoms with van der Waals surface area (Å²) in [6, 6.07) is 0. The maximum absolute atomic E-state index is 12.8. The second-order valence-electron chi connectivity index (χ2n) is 17.3. The van der Waals surface area contributed by atoms with Crippen LogP contribution in [0.25, 0.3) is 0 Å². The van der Waals surface area contributed by atoms with Crippen molar-refractivity contribution >= 4 is 22.5 Å². The highest BCUT2D eigenvalue weighted by Gasteiger charge is 2.35. The number of carbonyl (C=O) groups excluding carboxylic acids is 1. The summed E-state index contributed by atoms with van der Waals surface area (Å²) in [5, 5.41) is 6.75. The molecule has 0 saturated heterocycles. The molecule has 57 heavy (non-hydrogen) atoms. The lowest BCUT2D eigenvalue weighted by Crippen LogP contribution is -2.32. The molecule has 0 spiro atoms. The molecule has 0 amide bonds. The fraction of sp³-hybridized carbons (Fsp3) is 0.958. The Labute approximate surface area is 354 Å². The quantitative estimate of drug-likeness (QED) is 0.0357. The summed E-state index contributed by atoms with van der Waals surface area (Å²) in [6.45, 7) is 10.3. The van der Waals surface area contributed by atoms with Gasteiger partial charge >= 0.3 is 5.97 Å². The summed E-state index contributed by atoms with van der Waals surface area (Å²) in [5.74, 6) is 0.0219. The fourth-order valence-corrected chi connectivity index (χ4v) is 9.25. The maximum Gasteiger partial charge on any atom is 0.306 e. The van der Waals surface area contributed by atoms with Crippen molar-refractivity contribution < 1.29 is 27.9 Å². The van der Waals surface area contributed by atoms with E-state index in [1.807, 2.05) is 0 Å². The molecule has 1 fully saturated rings. The molecule has 9 heteroatoms. The summed E-state index contributed by atoms with van der Waals surface area (Å²) >= 11 is 0. The third-order valence-corrected chi connectivity index (χ3v) is 13.6. The predicted molar refractivity (Wildman–Crippen MR) is 244 cm³/mol. The van der Waals surface area contributed by atoms with Gasteiger partial charge in [-0.1, -0.05) is 188 Å². The summed E-state index contributed by atoms with van der Waals surface area (Å²) in [4.78, 5) is 23.8. The van der Waals surface area contributed by atoms with E-state index >= 15 is 0 Å². The molecular formula is C48H96N2O6S. The lowest BCUT2D eigenvalue weighted by molar-refractivity contribution is -0.150. The summed E-state index contributed by atoms with van der Waals surface area (Å²) in [6.07, 6.45) is 45.6. The zero-order valence-electron chi connectivity index (χ0n) is 38.1. The van der Waals surface area contributed by atoms with Gasteiger partial charge in [0.25, 0.3) is 6.47 Å². The Kier molecular flexibility index (Phi) is 42.0. The van der Waals surface area contributed by atoms with Gasteiger partial charge in [-0.05, 0) is 83.8 Å². The van der Waals surface area contributed by atoms with Crippen LogP contribution in [0.5, 0.6) is 0 Å². The molecule has 1 aliphatic carbocycles. The van der Waals surface area contributed by atoms with E-state index in [1.54, 1.807) is 0 Å². The number of hydrogen-bond acceptors (Lipinski definition) is 6. The second-order valence-corrected chi connectivity index (χ2v) is 19.3. The summed E-state index contributed by atoms with van der Waals surface area (Å²) in [7, 11) is -3.09. The Morgan fingerprint density at radius 3 is 1.30 bits per heavy atom. The molecule has 0 aliphatic heterocycles. The Bertz CT molecular complexity index is 945. The normalized spacial score (nSPS) is 12.9. The van der Waals surface area contributed by atoms with Gasteiger partial charge in [-0.25, -0.2) is 13.1 Å². The molecule has 1 aliphatic rings. The lowest BCUT2D eigenvalue weighted by Gasteiger charge is -2.22. The van der Waals surface area contributed by atoms with Crippen molar-refractivity contribution in [1.82, 2.24) is 9.62 Å². The van der Waals surface area contributed by atoms with Crippen LogP contribution < -0.4 is 4.72 Å². The largest absolute Gasteiger partial charge is 0.483 e. The number of rotatable bonds is 44. The standard InChI is InChI=1S/C47H94N2O4S.CH2O2/c1-4-7-10-13-16-17-18-19-20-21-22-23-28-33-42-49(44-35-41-48-54(51,52)46-39-40-46)43-34-29-24-27-32-38-47(50)53-45(36-30-25-14-11-8-5-2)37-31-26-15-12-9-6-3;2-1-3/h45-46,48H,4-44H2,1-3H3;1H,(H,2,3). The van der Waals surface area contributed by atoms with E-state index in [9.17, 15) is 13.2 Å². The first-order chi connectivity index (χ1) is 27.8. The number of carbonyl (C=O) groups is 2. The highest BCUT2D eigenvalue weighted by molar-refractivity contribution is 7.90. The van der Waals surface area contributed by atoms with Crippen LogP contribution in [0.15, 0.2) is 0 Å². The number of sulfonamides is 1. The number of nitrogens with one attached hydrogen (secondary N) is 1. The van der Waals surface area contributed by atoms with Gasteiger partial charge in [0, 0.05) is 13.0 Å². The molecule has 0 unspecified atom stereocenters. The number of esters is 1. The number of ether oxygens (including phenoxy) is 1. The zero-order valence-corrected chi connectivity index (χ0v) is 38.9. The fourth-order valence-electron chi connectivity index (χ4n) is 7.83. The molecule has 0 aromatic heterocycles. The van der Waals surface area contributed by atoms with Crippen molar-refractivity contribution in [3.05, 3.63) is 0 Å². The van der Waals surface area contributed by atoms with Crippen LogP contribution in [0.4, 0.5) is 0 Å². The third-order valence-electron chi connectivity index (χ3n) is 11.7. The molecule has 1 saturated carbocycles. The van der Waals surface area contributed by atoms with Crippen molar-refractivity contribution in [3.8, 4) is 0 Å². The van der Waals surface area contributed by atoms with E-state index in [0.29, 0.717) is 13.0 Å². The Morgan fingerprint density at radius 2 is 0.912 bits per heavy atom.